The molecule has 2 heterocycles. The maximum absolute atomic E-state index is 6.13. The van der Waals surface area contributed by atoms with Gasteiger partial charge in [0.25, 0.3) is 0 Å². The van der Waals surface area contributed by atoms with Crippen LogP contribution in [-0.4, -0.2) is 6.61 Å². The lowest BCUT2D eigenvalue weighted by atomic mass is 10.00. The molecule has 1 aliphatic heterocycles. The van der Waals surface area contributed by atoms with Crippen molar-refractivity contribution < 1.29 is 9.15 Å². The summed E-state index contributed by atoms with van der Waals surface area (Å²) in [7, 11) is 0. The molecule has 2 aromatic rings. The number of fused-ring (bicyclic) bond motifs is 1. The number of ether oxygens (including phenoxy) is 1. The van der Waals surface area contributed by atoms with Crippen LogP contribution in [0.25, 0.3) is 0 Å². The van der Waals surface area contributed by atoms with Crippen molar-refractivity contribution in [2.75, 3.05) is 6.61 Å². The molecule has 4 heteroatoms. The lowest BCUT2D eigenvalue weighted by molar-refractivity contribution is 0.357. The number of hydrogen-bond donors (Lipinski definition) is 1. The summed E-state index contributed by atoms with van der Waals surface area (Å²) < 4.78 is 10.6. The minimum absolute atomic E-state index is 0.0873. The molecular weight excluding hydrogens is 262 g/mol. The molecule has 1 atom stereocenters. The van der Waals surface area contributed by atoms with Crippen LogP contribution in [0.2, 0.25) is 5.22 Å². The van der Waals surface area contributed by atoms with Gasteiger partial charge in [0.2, 0.25) is 0 Å². The number of benzene rings is 1. The van der Waals surface area contributed by atoms with Gasteiger partial charge in [-0.05, 0) is 47.7 Å². The third kappa shape index (κ3) is 2.62. The standard InChI is InChI=1S/C15H16ClNO2/c16-15-12(6-8-19-15)13(17)3-1-10-2-4-14-11(9-10)5-7-18-14/h2,4,6,8-9,13H,1,3,5,7,17H2. The number of nitrogens with two attached hydrogens (primary N) is 1. The van der Waals surface area contributed by atoms with E-state index in [9.17, 15) is 0 Å². The van der Waals surface area contributed by atoms with Gasteiger partial charge in [-0.15, -0.1) is 0 Å². The number of aryl methyl sites for hydroxylation is 1. The van der Waals surface area contributed by atoms with Crippen LogP contribution in [0, 0.1) is 0 Å². The van der Waals surface area contributed by atoms with Crippen molar-refractivity contribution in [2.24, 2.45) is 5.73 Å². The van der Waals surface area contributed by atoms with Gasteiger partial charge < -0.3 is 14.9 Å². The van der Waals surface area contributed by atoms with Crippen LogP contribution in [0.4, 0.5) is 0 Å². The van der Waals surface area contributed by atoms with E-state index in [0.29, 0.717) is 5.22 Å². The Bertz CT molecular complexity index is 579. The highest BCUT2D eigenvalue weighted by molar-refractivity contribution is 6.29. The molecule has 0 spiro atoms. The Morgan fingerprint density at radius 3 is 3.00 bits per heavy atom. The van der Waals surface area contributed by atoms with Crippen LogP contribution in [0.1, 0.15) is 29.2 Å². The van der Waals surface area contributed by atoms with Crippen molar-refractivity contribution in [1.29, 1.82) is 0 Å². The minimum atomic E-state index is -0.0873. The second-order valence-electron chi connectivity index (χ2n) is 4.84. The monoisotopic (exact) mass is 277 g/mol. The largest absolute Gasteiger partial charge is 0.493 e. The summed E-state index contributed by atoms with van der Waals surface area (Å²) in [6, 6.07) is 8.12. The second-order valence-corrected chi connectivity index (χ2v) is 5.18. The normalized spacial score (nSPS) is 15.1. The van der Waals surface area contributed by atoms with Crippen molar-refractivity contribution in [2.45, 2.75) is 25.3 Å². The van der Waals surface area contributed by atoms with Gasteiger partial charge in [0.15, 0.2) is 5.22 Å². The highest BCUT2D eigenvalue weighted by Gasteiger charge is 2.15. The Morgan fingerprint density at radius 2 is 2.21 bits per heavy atom. The molecule has 0 saturated carbocycles. The molecule has 0 radical (unpaired) electrons. The number of hydrogen-bond acceptors (Lipinski definition) is 3. The first-order chi connectivity index (χ1) is 9.24. The molecule has 3 nitrogen and oxygen atoms in total. The summed E-state index contributed by atoms with van der Waals surface area (Å²) in [4.78, 5) is 0. The van der Waals surface area contributed by atoms with Crippen LogP contribution in [-0.2, 0) is 12.8 Å². The zero-order valence-electron chi connectivity index (χ0n) is 10.6. The lowest BCUT2D eigenvalue weighted by Crippen LogP contribution is -2.10. The fourth-order valence-corrected chi connectivity index (χ4v) is 2.70. The Balaban J connectivity index is 1.65. The fraction of sp³-hybridized carbons (Fsp3) is 0.333. The molecule has 1 aliphatic rings. The van der Waals surface area contributed by atoms with Gasteiger partial charge in [-0.25, -0.2) is 0 Å². The number of furan rings is 1. The van der Waals surface area contributed by atoms with Crippen molar-refractivity contribution in [1.82, 2.24) is 0 Å². The maximum atomic E-state index is 6.13. The molecule has 19 heavy (non-hydrogen) atoms. The molecule has 0 saturated heterocycles. The number of halogens is 1. The summed E-state index contributed by atoms with van der Waals surface area (Å²) in [5.74, 6) is 1.02. The first-order valence-electron chi connectivity index (χ1n) is 6.47. The second kappa shape index (κ2) is 5.27. The summed E-state index contributed by atoms with van der Waals surface area (Å²) in [6.07, 6.45) is 4.35. The van der Waals surface area contributed by atoms with E-state index >= 15 is 0 Å². The summed E-state index contributed by atoms with van der Waals surface area (Å²) in [6.45, 7) is 0.795. The molecule has 0 amide bonds. The van der Waals surface area contributed by atoms with Gasteiger partial charge in [-0.1, -0.05) is 12.1 Å². The predicted octanol–water partition coefficient (Wildman–Crippen LogP) is 3.50. The predicted molar refractivity (Wildman–Crippen MR) is 74.6 cm³/mol. The minimum Gasteiger partial charge on any atom is -0.493 e. The summed E-state index contributed by atoms with van der Waals surface area (Å²) in [5.41, 5.74) is 9.60. The smallest absolute Gasteiger partial charge is 0.197 e. The van der Waals surface area contributed by atoms with Gasteiger partial charge in [0.05, 0.1) is 12.9 Å². The molecule has 0 bridgehead atoms. The van der Waals surface area contributed by atoms with E-state index in [1.54, 1.807) is 6.26 Å². The first kappa shape index (κ1) is 12.6. The van der Waals surface area contributed by atoms with Gasteiger partial charge in [-0.3, -0.25) is 0 Å². The summed E-state index contributed by atoms with van der Waals surface area (Å²) >= 11 is 5.93. The lowest BCUT2D eigenvalue weighted by Gasteiger charge is -2.10. The van der Waals surface area contributed by atoms with Crippen LogP contribution < -0.4 is 10.5 Å². The number of rotatable bonds is 4. The molecule has 1 aromatic heterocycles. The average molecular weight is 278 g/mol. The zero-order chi connectivity index (χ0) is 13.2. The van der Waals surface area contributed by atoms with Crippen molar-refractivity contribution in [3.8, 4) is 5.75 Å². The Hall–Kier alpha value is -1.45. The third-order valence-electron chi connectivity index (χ3n) is 3.54. The van der Waals surface area contributed by atoms with Gasteiger partial charge in [0.1, 0.15) is 5.75 Å². The first-order valence-corrected chi connectivity index (χ1v) is 6.85. The van der Waals surface area contributed by atoms with E-state index in [1.807, 2.05) is 12.1 Å². The van der Waals surface area contributed by atoms with E-state index in [2.05, 4.69) is 12.1 Å². The van der Waals surface area contributed by atoms with E-state index in [1.165, 1.54) is 11.1 Å². The SMILES string of the molecule is NC(CCc1ccc2c(c1)CCO2)c1ccoc1Cl. The third-order valence-corrected chi connectivity index (χ3v) is 3.85. The zero-order valence-corrected chi connectivity index (χ0v) is 11.3. The van der Waals surface area contributed by atoms with E-state index in [-0.39, 0.29) is 6.04 Å². The molecule has 1 aromatic carbocycles. The van der Waals surface area contributed by atoms with Crippen LogP contribution in [0.5, 0.6) is 5.75 Å². The van der Waals surface area contributed by atoms with E-state index < -0.39 is 0 Å². The molecule has 1 unspecified atom stereocenters. The van der Waals surface area contributed by atoms with Crippen molar-refractivity contribution in [3.05, 3.63) is 52.4 Å². The molecule has 3 rings (SSSR count). The molecular formula is C15H16ClNO2. The van der Waals surface area contributed by atoms with Gasteiger partial charge in [0, 0.05) is 18.0 Å². The van der Waals surface area contributed by atoms with Gasteiger partial charge >= 0.3 is 0 Å². The van der Waals surface area contributed by atoms with Crippen molar-refractivity contribution >= 4 is 11.6 Å². The molecule has 0 aliphatic carbocycles. The van der Waals surface area contributed by atoms with Crippen LogP contribution >= 0.6 is 11.6 Å². The quantitative estimate of drug-likeness (QED) is 0.930. The average Bonchev–Trinajstić information content (AvgIpc) is 3.03. The van der Waals surface area contributed by atoms with Crippen molar-refractivity contribution in [3.63, 3.8) is 0 Å². The van der Waals surface area contributed by atoms with E-state index in [0.717, 1.165) is 37.2 Å². The van der Waals surface area contributed by atoms with Crippen LogP contribution in [0.3, 0.4) is 0 Å². The van der Waals surface area contributed by atoms with Gasteiger partial charge in [-0.2, -0.15) is 0 Å². The topological polar surface area (TPSA) is 48.4 Å². The molecule has 2 N–H and O–H groups in total. The molecule has 0 fully saturated rings. The highest BCUT2D eigenvalue weighted by Crippen LogP contribution is 2.28. The summed E-state index contributed by atoms with van der Waals surface area (Å²) in [5, 5.41) is 0.398. The maximum Gasteiger partial charge on any atom is 0.197 e. The fourth-order valence-electron chi connectivity index (χ4n) is 2.44. The Morgan fingerprint density at radius 1 is 1.32 bits per heavy atom. The van der Waals surface area contributed by atoms with E-state index in [4.69, 9.17) is 26.5 Å². The highest BCUT2D eigenvalue weighted by atomic mass is 35.5. The Labute approximate surface area is 117 Å². The van der Waals surface area contributed by atoms with Crippen LogP contribution in [0.15, 0.2) is 34.9 Å². The molecule has 100 valence electrons. The Kier molecular flexibility index (Phi) is 3.49.